The summed E-state index contributed by atoms with van der Waals surface area (Å²) >= 11 is 0. The van der Waals surface area contributed by atoms with E-state index in [-0.39, 0.29) is 5.97 Å². The van der Waals surface area contributed by atoms with Crippen molar-refractivity contribution in [3.05, 3.63) is 71.5 Å². The van der Waals surface area contributed by atoms with Crippen molar-refractivity contribution in [1.82, 2.24) is 4.57 Å². The number of hydrogen-bond donors (Lipinski definition) is 0. The van der Waals surface area contributed by atoms with E-state index in [4.69, 9.17) is 4.74 Å². The molecule has 0 fully saturated rings. The van der Waals surface area contributed by atoms with Crippen LogP contribution in [-0.2, 0) is 17.9 Å². The van der Waals surface area contributed by atoms with Crippen LogP contribution in [0, 0.1) is 0 Å². The van der Waals surface area contributed by atoms with Gasteiger partial charge in [-0.25, -0.2) is 4.79 Å². The van der Waals surface area contributed by atoms with E-state index >= 15 is 0 Å². The summed E-state index contributed by atoms with van der Waals surface area (Å²) in [7, 11) is 0. The van der Waals surface area contributed by atoms with Crippen LogP contribution in [0.3, 0.4) is 0 Å². The Kier molecular flexibility index (Phi) is 2.39. The van der Waals surface area contributed by atoms with Crippen LogP contribution in [0.15, 0.2) is 54.9 Å². The average Bonchev–Trinajstić information content (AvgIpc) is 3.02. The fourth-order valence-electron chi connectivity index (χ4n) is 2.79. The number of benzene rings is 2. The first-order valence-electron chi connectivity index (χ1n) is 6.64. The highest BCUT2D eigenvalue weighted by Crippen LogP contribution is 2.23. The molecule has 1 aromatic heterocycles. The van der Waals surface area contributed by atoms with E-state index in [1.54, 1.807) is 0 Å². The molecule has 0 aliphatic carbocycles. The molecule has 1 aliphatic rings. The summed E-state index contributed by atoms with van der Waals surface area (Å²) in [5.74, 6) is -0.211. The third-order valence-corrected chi connectivity index (χ3v) is 3.77. The van der Waals surface area contributed by atoms with Gasteiger partial charge in [-0.3, -0.25) is 0 Å². The average molecular weight is 263 g/mol. The van der Waals surface area contributed by atoms with E-state index in [1.807, 2.05) is 18.5 Å². The highest BCUT2D eigenvalue weighted by molar-refractivity contribution is 5.93. The van der Waals surface area contributed by atoms with Crippen LogP contribution in [0.5, 0.6) is 0 Å². The van der Waals surface area contributed by atoms with Crippen LogP contribution in [0.25, 0.3) is 10.8 Å². The summed E-state index contributed by atoms with van der Waals surface area (Å²) in [6, 6.07) is 14.7. The Morgan fingerprint density at radius 1 is 1.05 bits per heavy atom. The summed E-state index contributed by atoms with van der Waals surface area (Å²) in [4.78, 5) is 11.5. The fraction of sp³-hybridized carbons (Fsp3) is 0.118. The zero-order valence-electron chi connectivity index (χ0n) is 10.9. The van der Waals surface area contributed by atoms with Gasteiger partial charge in [-0.2, -0.15) is 0 Å². The molecular weight excluding hydrogens is 250 g/mol. The molecule has 0 spiro atoms. The quantitative estimate of drug-likeness (QED) is 0.664. The van der Waals surface area contributed by atoms with E-state index in [0.29, 0.717) is 12.2 Å². The third-order valence-electron chi connectivity index (χ3n) is 3.77. The second kappa shape index (κ2) is 4.23. The number of cyclic esters (lactones) is 1. The molecule has 4 rings (SSSR count). The molecule has 2 heterocycles. The molecule has 3 nitrogen and oxygen atoms in total. The van der Waals surface area contributed by atoms with Gasteiger partial charge in [0.15, 0.2) is 0 Å². The Balaban J connectivity index is 1.75. The Bertz CT molecular complexity index is 811. The summed E-state index contributed by atoms with van der Waals surface area (Å²) in [5, 5.41) is 2.50. The number of esters is 1. The third kappa shape index (κ3) is 1.71. The second-order valence-corrected chi connectivity index (χ2v) is 5.08. The van der Waals surface area contributed by atoms with Gasteiger partial charge in [0.1, 0.15) is 6.61 Å². The molecule has 1 aliphatic heterocycles. The van der Waals surface area contributed by atoms with Gasteiger partial charge in [-0.05, 0) is 16.3 Å². The highest BCUT2D eigenvalue weighted by atomic mass is 16.5. The van der Waals surface area contributed by atoms with E-state index in [9.17, 15) is 4.79 Å². The molecule has 3 heteroatoms. The van der Waals surface area contributed by atoms with Crippen molar-refractivity contribution < 1.29 is 9.53 Å². The molecule has 2 aromatic carbocycles. The molecular formula is C17H13NO2. The monoisotopic (exact) mass is 263 g/mol. The minimum absolute atomic E-state index is 0.211. The van der Waals surface area contributed by atoms with Gasteiger partial charge in [0.25, 0.3) is 0 Å². The standard InChI is InChI=1S/C17H13NO2/c19-17-16-10-18(9-14(16)11-20-17)8-13-6-3-5-12-4-1-2-7-15(12)13/h1-7,9-10H,8,11H2. The number of aromatic nitrogens is 1. The van der Waals surface area contributed by atoms with Gasteiger partial charge >= 0.3 is 5.97 Å². The molecule has 0 N–H and O–H groups in total. The topological polar surface area (TPSA) is 31.2 Å². The molecule has 3 aromatic rings. The van der Waals surface area contributed by atoms with Gasteiger partial charge < -0.3 is 9.30 Å². The van der Waals surface area contributed by atoms with Gasteiger partial charge in [-0.15, -0.1) is 0 Å². The Morgan fingerprint density at radius 3 is 2.80 bits per heavy atom. The van der Waals surface area contributed by atoms with Crippen LogP contribution in [0.1, 0.15) is 21.5 Å². The van der Waals surface area contributed by atoms with Crippen molar-refractivity contribution in [2.24, 2.45) is 0 Å². The van der Waals surface area contributed by atoms with Crippen molar-refractivity contribution in [3.63, 3.8) is 0 Å². The summed E-state index contributed by atoms with van der Waals surface area (Å²) in [5.41, 5.74) is 2.94. The van der Waals surface area contributed by atoms with Crippen LogP contribution in [0.4, 0.5) is 0 Å². The fourth-order valence-corrected chi connectivity index (χ4v) is 2.79. The molecule has 0 bridgehead atoms. The van der Waals surface area contributed by atoms with Crippen molar-refractivity contribution in [1.29, 1.82) is 0 Å². The largest absolute Gasteiger partial charge is 0.457 e. The Labute approximate surface area is 116 Å². The van der Waals surface area contributed by atoms with Crippen molar-refractivity contribution in [3.8, 4) is 0 Å². The van der Waals surface area contributed by atoms with Crippen LogP contribution in [0.2, 0.25) is 0 Å². The van der Waals surface area contributed by atoms with Crippen molar-refractivity contribution in [2.75, 3.05) is 0 Å². The molecule has 0 saturated carbocycles. The number of nitrogens with zero attached hydrogens (tertiary/aromatic N) is 1. The van der Waals surface area contributed by atoms with E-state index < -0.39 is 0 Å². The van der Waals surface area contributed by atoms with Crippen LogP contribution >= 0.6 is 0 Å². The minimum Gasteiger partial charge on any atom is -0.457 e. The zero-order valence-corrected chi connectivity index (χ0v) is 10.9. The predicted octanol–water partition coefficient (Wildman–Crippen LogP) is 3.36. The molecule has 0 radical (unpaired) electrons. The van der Waals surface area contributed by atoms with Gasteiger partial charge in [0, 0.05) is 24.5 Å². The van der Waals surface area contributed by atoms with Crippen molar-refractivity contribution >= 4 is 16.7 Å². The van der Waals surface area contributed by atoms with Crippen molar-refractivity contribution in [2.45, 2.75) is 13.2 Å². The lowest BCUT2D eigenvalue weighted by molar-refractivity contribution is 0.0533. The molecule has 0 amide bonds. The number of carbonyl (C=O) groups is 1. The normalized spacial score (nSPS) is 13.5. The zero-order chi connectivity index (χ0) is 13.5. The molecule has 0 atom stereocenters. The number of hydrogen-bond acceptors (Lipinski definition) is 2. The maximum absolute atomic E-state index is 11.5. The highest BCUT2D eigenvalue weighted by Gasteiger charge is 2.23. The minimum atomic E-state index is -0.211. The SMILES string of the molecule is O=C1OCc2cn(Cc3cccc4ccccc34)cc21. The van der Waals surface area contributed by atoms with Gasteiger partial charge in [0.2, 0.25) is 0 Å². The number of rotatable bonds is 2. The summed E-state index contributed by atoms with van der Waals surface area (Å²) in [6.45, 7) is 1.17. The first-order valence-corrected chi connectivity index (χ1v) is 6.64. The van der Waals surface area contributed by atoms with Crippen LogP contribution in [-0.4, -0.2) is 10.5 Å². The first-order chi connectivity index (χ1) is 9.81. The molecule has 0 saturated heterocycles. The Morgan fingerprint density at radius 2 is 1.90 bits per heavy atom. The van der Waals surface area contributed by atoms with Gasteiger partial charge in [-0.1, -0.05) is 42.5 Å². The molecule has 0 unspecified atom stereocenters. The maximum Gasteiger partial charge on any atom is 0.340 e. The maximum atomic E-state index is 11.5. The number of fused-ring (bicyclic) bond motifs is 2. The Hall–Kier alpha value is -2.55. The smallest absolute Gasteiger partial charge is 0.340 e. The van der Waals surface area contributed by atoms with E-state index in [2.05, 4.69) is 41.0 Å². The van der Waals surface area contributed by atoms with E-state index in [1.165, 1.54) is 16.3 Å². The summed E-state index contributed by atoms with van der Waals surface area (Å²) < 4.78 is 7.05. The number of carbonyl (C=O) groups excluding carboxylic acids is 1. The van der Waals surface area contributed by atoms with E-state index in [0.717, 1.165) is 12.1 Å². The number of ether oxygens (including phenoxy) is 1. The second-order valence-electron chi connectivity index (χ2n) is 5.08. The molecule has 98 valence electrons. The lowest BCUT2D eigenvalue weighted by Crippen LogP contribution is -2.00. The van der Waals surface area contributed by atoms with Crippen LogP contribution < -0.4 is 0 Å². The molecule has 20 heavy (non-hydrogen) atoms. The summed E-state index contributed by atoms with van der Waals surface area (Å²) in [6.07, 6.45) is 3.88. The predicted molar refractivity (Wildman–Crippen MR) is 76.6 cm³/mol. The van der Waals surface area contributed by atoms with Gasteiger partial charge in [0.05, 0.1) is 5.56 Å². The lowest BCUT2D eigenvalue weighted by atomic mass is 10.0. The first kappa shape index (κ1) is 11.3. The lowest BCUT2D eigenvalue weighted by Gasteiger charge is -2.08.